The molecular weight excluding hydrogens is 873 g/mol. The molecule has 14 aromatic carbocycles. The first kappa shape index (κ1) is 39.4. The van der Waals surface area contributed by atoms with Gasteiger partial charge in [0.25, 0.3) is 0 Å². The molecule has 2 heterocycles. The second-order valence-corrected chi connectivity index (χ2v) is 19.3. The van der Waals surface area contributed by atoms with Crippen LogP contribution in [0.4, 0.5) is 0 Å². The third kappa shape index (κ3) is 5.44. The van der Waals surface area contributed by atoms with Crippen LogP contribution in [0.15, 0.2) is 251 Å². The standard InChI is InChI=1S/C70H40O2/c1-3-23-44-41(19-1)21-17-35-46(44)63-48-25-5-9-29-52(48)65(53-30-10-6-26-49(53)63)58-39-43-40-59(70-68(57-34-14-16-38-61(57)72-70)62(43)67-56-33-13-15-37-60(56)71-69(58)67)66-54-31-11-7-27-50(54)64(51-28-8-12-32-55(51)66)47-36-18-22-42-20-2-4-24-45(42)47/h1-40H. The molecule has 0 fully saturated rings. The molecule has 0 amide bonds. The third-order valence-corrected chi connectivity index (χ3v) is 15.6. The Morgan fingerprint density at radius 1 is 0.194 bits per heavy atom. The zero-order valence-electron chi connectivity index (χ0n) is 38.9. The van der Waals surface area contributed by atoms with E-state index < -0.39 is 0 Å². The molecule has 0 saturated carbocycles. The van der Waals surface area contributed by atoms with E-state index in [1.165, 1.54) is 86.9 Å². The van der Waals surface area contributed by atoms with Gasteiger partial charge in [0, 0.05) is 49.2 Å². The lowest BCUT2D eigenvalue weighted by Gasteiger charge is -2.20. The van der Waals surface area contributed by atoms with Crippen molar-refractivity contribution in [3.05, 3.63) is 243 Å². The molecule has 2 heteroatoms. The van der Waals surface area contributed by atoms with E-state index in [0.717, 1.165) is 76.9 Å². The minimum atomic E-state index is 0.855. The molecule has 332 valence electrons. The van der Waals surface area contributed by atoms with Crippen LogP contribution < -0.4 is 0 Å². The number of fused-ring (bicyclic) bond motifs is 15. The second-order valence-electron chi connectivity index (χ2n) is 19.3. The van der Waals surface area contributed by atoms with E-state index >= 15 is 0 Å². The number of rotatable bonds is 4. The largest absolute Gasteiger partial charge is 0.455 e. The summed E-state index contributed by atoms with van der Waals surface area (Å²) >= 11 is 0. The number of furan rings is 2. The Morgan fingerprint density at radius 3 is 0.833 bits per heavy atom. The SMILES string of the molecule is c1ccc2c(-c3c4ccccc4c(-c4cc5cc(-c6c7ccccc7c(-c7cccc8ccccc78)c7ccccc67)c6oc7ccccc7c6c5c5c4oc4ccccc45)c4ccccc34)cccc2c1. The predicted octanol–water partition coefficient (Wildman–Crippen LogP) is 20.2. The van der Waals surface area contributed by atoms with Gasteiger partial charge in [-0.05, 0) is 117 Å². The van der Waals surface area contributed by atoms with Crippen LogP contribution in [-0.2, 0) is 0 Å². The highest BCUT2D eigenvalue weighted by Crippen LogP contribution is 2.54. The molecule has 0 aliphatic rings. The number of para-hydroxylation sites is 2. The summed E-state index contributed by atoms with van der Waals surface area (Å²) in [6.45, 7) is 0. The fourth-order valence-electron chi connectivity index (χ4n) is 12.7. The van der Waals surface area contributed by atoms with E-state index in [0.29, 0.717) is 0 Å². The molecular formula is C70H40O2. The summed E-state index contributed by atoms with van der Waals surface area (Å²) in [5.41, 5.74) is 12.8. The van der Waals surface area contributed by atoms with Gasteiger partial charge in [0.05, 0.1) is 0 Å². The van der Waals surface area contributed by atoms with Crippen LogP contribution in [0.3, 0.4) is 0 Å². The van der Waals surface area contributed by atoms with Crippen molar-refractivity contribution in [1.82, 2.24) is 0 Å². The number of benzene rings is 14. The van der Waals surface area contributed by atoms with Crippen molar-refractivity contribution in [1.29, 1.82) is 0 Å². The van der Waals surface area contributed by atoms with Crippen LogP contribution >= 0.6 is 0 Å². The van der Waals surface area contributed by atoms with Gasteiger partial charge in [0.2, 0.25) is 0 Å². The van der Waals surface area contributed by atoms with E-state index in [-0.39, 0.29) is 0 Å². The minimum Gasteiger partial charge on any atom is -0.455 e. The number of hydrogen-bond donors (Lipinski definition) is 0. The smallest absolute Gasteiger partial charge is 0.143 e. The molecule has 2 nitrogen and oxygen atoms in total. The average Bonchev–Trinajstić information content (AvgIpc) is 4.03. The first-order valence-corrected chi connectivity index (χ1v) is 24.8. The zero-order valence-corrected chi connectivity index (χ0v) is 38.9. The van der Waals surface area contributed by atoms with E-state index in [4.69, 9.17) is 8.83 Å². The molecule has 0 saturated heterocycles. The van der Waals surface area contributed by atoms with Crippen molar-refractivity contribution in [2.45, 2.75) is 0 Å². The van der Waals surface area contributed by atoms with Crippen LogP contribution in [0.1, 0.15) is 0 Å². The van der Waals surface area contributed by atoms with Crippen LogP contribution in [0, 0.1) is 0 Å². The second kappa shape index (κ2) is 15.0. The van der Waals surface area contributed by atoms with Crippen molar-refractivity contribution in [3.63, 3.8) is 0 Å². The van der Waals surface area contributed by atoms with Crippen molar-refractivity contribution in [3.8, 4) is 44.5 Å². The van der Waals surface area contributed by atoms with Gasteiger partial charge in [-0.1, -0.05) is 218 Å². The topological polar surface area (TPSA) is 26.3 Å². The summed E-state index contributed by atoms with van der Waals surface area (Å²) in [6, 6.07) is 88.7. The zero-order chi connectivity index (χ0) is 47.0. The summed E-state index contributed by atoms with van der Waals surface area (Å²) in [5, 5.41) is 21.0. The Kier molecular flexibility index (Phi) is 8.20. The Morgan fingerprint density at radius 2 is 0.472 bits per heavy atom. The molecule has 0 radical (unpaired) electrons. The summed E-state index contributed by atoms with van der Waals surface area (Å²) in [5.74, 6) is 0. The molecule has 0 aliphatic heterocycles. The van der Waals surface area contributed by atoms with Gasteiger partial charge in [-0.3, -0.25) is 0 Å². The van der Waals surface area contributed by atoms with Gasteiger partial charge in [-0.15, -0.1) is 0 Å². The molecule has 0 spiro atoms. The van der Waals surface area contributed by atoms with Gasteiger partial charge < -0.3 is 8.83 Å². The van der Waals surface area contributed by atoms with Crippen LogP contribution in [-0.4, -0.2) is 0 Å². The summed E-state index contributed by atoms with van der Waals surface area (Å²) in [7, 11) is 0. The Bertz CT molecular complexity index is 4550. The molecule has 72 heavy (non-hydrogen) atoms. The van der Waals surface area contributed by atoms with E-state index in [9.17, 15) is 0 Å². The van der Waals surface area contributed by atoms with Gasteiger partial charge in [-0.2, -0.15) is 0 Å². The maximum atomic E-state index is 7.24. The average molecular weight is 913 g/mol. The molecule has 0 aliphatic carbocycles. The lowest BCUT2D eigenvalue weighted by atomic mass is 9.82. The van der Waals surface area contributed by atoms with Crippen molar-refractivity contribution >= 4 is 119 Å². The van der Waals surface area contributed by atoms with E-state index in [1.807, 2.05) is 0 Å². The maximum Gasteiger partial charge on any atom is 0.143 e. The first-order chi connectivity index (χ1) is 35.8. The Labute approximate surface area is 413 Å². The first-order valence-electron chi connectivity index (χ1n) is 24.8. The monoisotopic (exact) mass is 912 g/mol. The van der Waals surface area contributed by atoms with Gasteiger partial charge in [0.15, 0.2) is 0 Å². The lowest BCUT2D eigenvalue weighted by molar-refractivity contribution is 0.670. The predicted molar refractivity (Wildman–Crippen MR) is 305 cm³/mol. The molecule has 2 aromatic heterocycles. The molecule has 16 aromatic rings. The summed E-state index contributed by atoms with van der Waals surface area (Å²) < 4.78 is 14.5. The summed E-state index contributed by atoms with van der Waals surface area (Å²) in [4.78, 5) is 0. The normalized spacial score (nSPS) is 12.2. The van der Waals surface area contributed by atoms with Crippen LogP contribution in [0.25, 0.3) is 164 Å². The van der Waals surface area contributed by atoms with Gasteiger partial charge >= 0.3 is 0 Å². The quantitative estimate of drug-likeness (QED) is 0.164. The van der Waals surface area contributed by atoms with Crippen molar-refractivity contribution < 1.29 is 8.83 Å². The molecule has 0 N–H and O–H groups in total. The van der Waals surface area contributed by atoms with Gasteiger partial charge in [0.1, 0.15) is 22.3 Å². The fourth-order valence-corrected chi connectivity index (χ4v) is 12.7. The van der Waals surface area contributed by atoms with Crippen molar-refractivity contribution in [2.24, 2.45) is 0 Å². The highest BCUT2D eigenvalue weighted by molar-refractivity contribution is 6.37. The Hall–Kier alpha value is -9.50. The molecule has 0 unspecified atom stereocenters. The summed E-state index contributed by atoms with van der Waals surface area (Å²) in [6.07, 6.45) is 0. The molecule has 0 bridgehead atoms. The molecule has 16 rings (SSSR count). The van der Waals surface area contributed by atoms with Crippen molar-refractivity contribution in [2.75, 3.05) is 0 Å². The maximum absolute atomic E-state index is 7.24. The highest BCUT2D eigenvalue weighted by atomic mass is 16.3. The minimum absolute atomic E-state index is 0.855. The van der Waals surface area contributed by atoms with Crippen LogP contribution in [0.2, 0.25) is 0 Å². The third-order valence-electron chi connectivity index (χ3n) is 15.6. The lowest BCUT2D eigenvalue weighted by Crippen LogP contribution is -1.94. The van der Waals surface area contributed by atoms with E-state index in [1.54, 1.807) is 0 Å². The Balaban J connectivity index is 1.09. The van der Waals surface area contributed by atoms with Crippen LogP contribution in [0.5, 0.6) is 0 Å². The number of hydrogen-bond acceptors (Lipinski definition) is 2. The molecule has 0 atom stereocenters. The van der Waals surface area contributed by atoms with E-state index in [2.05, 4.69) is 243 Å². The fraction of sp³-hybridized carbons (Fsp3) is 0. The highest BCUT2D eigenvalue weighted by Gasteiger charge is 2.28. The van der Waals surface area contributed by atoms with Gasteiger partial charge in [-0.25, -0.2) is 0 Å².